The molecule has 21 heavy (non-hydrogen) atoms. The highest BCUT2D eigenvalue weighted by Crippen LogP contribution is 2.27. The summed E-state index contributed by atoms with van der Waals surface area (Å²) in [7, 11) is 1.88. The molecule has 1 heterocycles. The normalized spacial score (nSPS) is 11.0. The lowest BCUT2D eigenvalue weighted by Gasteiger charge is -2.08. The van der Waals surface area contributed by atoms with Crippen molar-refractivity contribution >= 4 is 0 Å². The molecule has 0 saturated heterocycles. The highest BCUT2D eigenvalue weighted by atomic mass is 19.1. The predicted octanol–water partition coefficient (Wildman–Crippen LogP) is 3.68. The van der Waals surface area contributed by atoms with E-state index in [1.165, 1.54) is 0 Å². The third-order valence-corrected chi connectivity index (χ3v) is 3.47. The fraction of sp³-hybridized carbons (Fsp3) is 0.471. The average Bonchev–Trinajstić information content (AvgIpc) is 2.82. The van der Waals surface area contributed by atoms with Crippen molar-refractivity contribution in [1.82, 2.24) is 15.1 Å². The van der Waals surface area contributed by atoms with Crippen LogP contribution < -0.4 is 5.32 Å². The van der Waals surface area contributed by atoms with Gasteiger partial charge in [0.05, 0.1) is 5.69 Å². The quantitative estimate of drug-likeness (QED) is 0.788. The van der Waals surface area contributed by atoms with Gasteiger partial charge in [-0.25, -0.2) is 4.39 Å². The Morgan fingerprint density at radius 1 is 1.19 bits per heavy atom. The van der Waals surface area contributed by atoms with Gasteiger partial charge < -0.3 is 5.32 Å². The topological polar surface area (TPSA) is 29.9 Å². The number of aromatic nitrogens is 2. The molecule has 0 aliphatic carbocycles. The molecule has 114 valence electrons. The van der Waals surface area contributed by atoms with Gasteiger partial charge in [-0.3, -0.25) is 4.68 Å². The van der Waals surface area contributed by atoms with E-state index in [4.69, 9.17) is 0 Å². The Labute approximate surface area is 126 Å². The van der Waals surface area contributed by atoms with Crippen molar-refractivity contribution in [3.63, 3.8) is 0 Å². The lowest BCUT2D eigenvalue weighted by molar-refractivity contribution is 0.627. The van der Waals surface area contributed by atoms with Gasteiger partial charge in [-0.1, -0.05) is 26.3 Å². The number of aryl methyl sites for hydroxylation is 2. The lowest BCUT2D eigenvalue weighted by atomic mass is 10.0. The van der Waals surface area contributed by atoms with E-state index in [9.17, 15) is 4.39 Å². The first-order valence-electron chi connectivity index (χ1n) is 7.67. The molecule has 4 heteroatoms. The third kappa shape index (κ3) is 3.91. The monoisotopic (exact) mass is 289 g/mol. The van der Waals surface area contributed by atoms with Crippen LogP contribution in [0.4, 0.5) is 4.39 Å². The van der Waals surface area contributed by atoms with E-state index in [-0.39, 0.29) is 5.82 Å². The van der Waals surface area contributed by atoms with Gasteiger partial charge in [0.1, 0.15) is 5.82 Å². The van der Waals surface area contributed by atoms with Crippen LogP contribution in [0.5, 0.6) is 0 Å². The van der Waals surface area contributed by atoms with Crippen LogP contribution in [0.1, 0.15) is 37.9 Å². The van der Waals surface area contributed by atoms with Crippen LogP contribution in [-0.4, -0.2) is 16.3 Å². The van der Waals surface area contributed by atoms with Gasteiger partial charge in [-0.05, 0) is 37.1 Å². The highest BCUT2D eigenvalue weighted by Gasteiger charge is 2.13. The maximum absolute atomic E-state index is 14.2. The van der Waals surface area contributed by atoms with E-state index in [0.29, 0.717) is 5.56 Å². The van der Waals surface area contributed by atoms with Crippen LogP contribution in [-0.2, 0) is 20.0 Å². The van der Waals surface area contributed by atoms with Crippen LogP contribution in [0.25, 0.3) is 11.1 Å². The standard InChI is InChI=1S/C17H24FN3/c1-4-6-17-15(12-21(3)20-17)14-10-13(7-8-16(14)18)11-19-9-5-2/h7-8,10,12,19H,4-6,9,11H2,1-3H3. The molecule has 0 saturated carbocycles. The van der Waals surface area contributed by atoms with Crippen molar-refractivity contribution in [2.24, 2.45) is 7.05 Å². The van der Waals surface area contributed by atoms with E-state index in [0.717, 1.165) is 49.2 Å². The van der Waals surface area contributed by atoms with Crippen LogP contribution in [0.3, 0.4) is 0 Å². The third-order valence-electron chi connectivity index (χ3n) is 3.47. The molecule has 1 aromatic heterocycles. The Morgan fingerprint density at radius 3 is 2.71 bits per heavy atom. The summed E-state index contributed by atoms with van der Waals surface area (Å²) < 4.78 is 16.0. The van der Waals surface area contributed by atoms with Crippen molar-refractivity contribution in [3.8, 4) is 11.1 Å². The largest absolute Gasteiger partial charge is 0.313 e. The second-order valence-electron chi connectivity index (χ2n) is 5.40. The minimum atomic E-state index is -0.181. The summed E-state index contributed by atoms with van der Waals surface area (Å²) in [6.45, 7) is 5.99. The van der Waals surface area contributed by atoms with Crippen LogP contribution in [0.15, 0.2) is 24.4 Å². The fourth-order valence-corrected chi connectivity index (χ4v) is 2.48. The van der Waals surface area contributed by atoms with Crippen molar-refractivity contribution in [2.75, 3.05) is 6.54 Å². The molecule has 2 rings (SSSR count). The number of nitrogens with one attached hydrogen (secondary N) is 1. The van der Waals surface area contributed by atoms with Gasteiger partial charge in [0.2, 0.25) is 0 Å². The van der Waals surface area contributed by atoms with Crippen LogP contribution >= 0.6 is 0 Å². The Bertz CT molecular complexity index is 590. The minimum Gasteiger partial charge on any atom is -0.313 e. The summed E-state index contributed by atoms with van der Waals surface area (Å²) in [4.78, 5) is 0. The first kappa shape index (κ1) is 15.7. The number of benzene rings is 1. The average molecular weight is 289 g/mol. The SMILES string of the molecule is CCCNCc1ccc(F)c(-c2cn(C)nc2CCC)c1. The van der Waals surface area contributed by atoms with Gasteiger partial charge in [-0.15, -0.1) is 0 Å². The molecule has 2 aromatic rings. The zero-order chi connectivity index (χ0) is 15.2. The maximum atomic E-state index is 14.2. The summed E-state index contributed by atoms with van der Waals surface area (Å²) >= 11 is 0. The van der Waals surface area contributed by atoms with E-state index >= 15 is 0 Å². The highest BCUT2D eigenvalue weighted by molar-refractivity contribution is 5.66. The van der Waals surface area contributed by atoms with Gasteiger partial charge >= 0.3 is 0 Å². The molecule has 1 N–H and O–H groups in total. The van der Waals surface area contributed by atoms with Crippen molar-refractivity contribution < 1.29 is 4.39 Å². The maximum Gasteiger partial charge on any atom is 0.131 e. The molecule has 0 amide bonds. The molecular formula is C17H24FN3. The predicted molar refractivity (Wildman–Crippen MR) is 84.6 cm³/mol. The van der Waals surface area contributed by atoms with Gasteiger partial charge in [0.15, 0.2) is 0 Å². The summed E-state index contributed by atoms with van der Waals surface area (Å²) in [5.41, 5.74) is 3.64. The molecule has 0 unspecified atom stereocenters. The smallest absolute Gasteiger partial charge is 0.131 e. The molecule has 0 spiro atoms. The van der Waals surface area contributed by atoms with E-state index in [2.05, 4.69) is 24.3 Å². The molecule has 3 nitrogen and oxygen atoms in total. The summed E-state index contributed by atoms with van der Waals surface area (Å²) in [6.07, 6.45) is 4.88. The zero-order valence-electron chi connectivity index (χ0n) is 13.1. The molecular weight excluding hydrogens is 265 g/mol. The van der Waals surface area contributed by atoms with Crippen LogP contribution in [0.2, 0.25) is 0 Å². The second-order valence-corrected chi connectivity index (χ2v) is 5.40. The van der Waals surface area contributed by atoms with E-state index < -0.39 is 0 Å². The van der Waals surface area contributed by atoms with Gasteiger partial charge in [-0.2, -0.15) is 5.10 Å². The number of hydrogen-bond donors (Lipinski definition) is 1. The Hall–Kier alpha value is -1.68. The summed E-state index contributed by atoms with van der Waals surface area (Å²) in [5.74, 6) is -0.181. The van der Waals surface area contributed by atoms with Crippen molar-refractivity contribution in [2.45, 2.75) is 39.7 Å². The number of hydrogen-bond acceptors (Lipinski definition) is 2. The first-order valence-corrected chi connectivity index (χ1v) is 7.67. The lowest BCUT2D eigenvalue weighted by Crippen LogP contribution is -2.13. The van der Waals surface area contributed by atoms with E-state index in [1.807, 2.05) is 25.4 Å². The van der Waals surface area contributed by atoms with Crippen LogP contribution in [0, 0.1) is 5.82 Å². The molecule has 0 aliphatic heterocycles. The zero-order valence-corrected chi connectivity index (χ0v) is 13.1. The van der Waals surface area contributed by atoms with Gasteiger partial charge in [0.25, 0.3) is 0 Å². The first-order chi connectivity index (χ1) is 10.2. The molecule has 0 atom stereocenters. The second kappa shape index (κ2) is 7.36. The molecule has 1 aromatic carbocycles. The van der Waals surface area contributed by atoms with Crippen molar-refractivity contribution in [1.29, 1.82) is 0 Å². The Morgan fingerprint density at radius 2 is 2.00 bits per heavy atom. The number of nitrogens with zero attached hydrogens (tertiary/aromatic N) is 2. The Balaban J connectivity index is 2.31. The number of rotatable bonds is 7. The van der Waals surface area contributed by atoms with Gasteiger partial charge in [0, 0.05) is 30.9 Å². The minimum absolute atomic E-state index is 0.181. The molecule has 0 aliphatic rings. The molecule has 0 bridgehead atoms. The Kier molecular flexibility index (Phi) is 5.51. The number of halogens is 1. The van der Waals surface area contributed by atoms with Crippen molar-refractivity contribution in [3.05, 3.63) is 41.5 Å². The molecule has 0 fully saturated rings. The van der Waals surface area contributed by atoms with E-state index in [1.54, 1.807) is 10.7 Å². The fourth-order valence-electron chi connectivity index (χ4n) is 2.48. The summed E-state index contributed by atoms with van der Waals surface area (Å²) in [5, 5.41) is 7.81. The molecule has 0 radical (unpaired) electrons. The summed E-state index contributed by atoms with van der Waals surface area (Å²) in [6, 6.07) is 5.34.